The fourth-order valence-electron chi connectivity index (χ4n) is 2.44. The Balaban J connectivity index is 2.16. The number of fused-ring (bicyclic) bond motifs is 1. The summed E-state index contributed by atoms with van der Waals surface area (Å²) in [5.41, 5.74) is 3.32. The van der Waals surface area contributed by atoms with Gasteiger partial charge in [-0.15, -0.1) is 0 Å². The topological polar surface area (TPSA) is 30.7 Å². The molecule has 3 aromatic rings. The van der Waals surface area contributed by atoms with E-state index in [9.17, 15) is 4.79 Å². The molecule has 0 aliphatic carbocycles. The maximum atomic E-state index is 12.7. The average Bonchev–Trinajstić information content (AvgIpc) is 2.82. The molecular formula is C17H15NO2. The molecule has 3 rings (SSSR count). The van der Waals surface area contributed by atoms with Crippen molar-refractivity contribution in [2.45, 2.75) is 6.92 Å². The summed E-state index contributed by atoms with van der Waals surface area (Å²) in [7, 11) is 1.63. The van der Waals surface area contributed by atoms with Crippen LogP contribution in [0.15, 0.2) is 54.9 Å². The second-order valence-corrected chi connectivity index (χ2v) is 4.74. The van der Waals surface area contributed by atoms with Crippen molar-refractivity contribution in [3.63, 3.8) is 0 Å². The van der Waals surface area contributed by atoms with Crippen molar-refractivity contribution in [2.75, 3.05) is 7.11 Å². The fraction of sp³-hybridized carbons (Fsp3) is 0.118. The lowest BCUT2D eigenvalue weighted by molar-refractivity contribution is 0.104. The number of benzene rings is 1. The van der Waals surface area contributed by atoms with E-state index in [0.717, 1.165) is 22.4 Å². The zero-order valence-corrected chi connectivity index (χ0v) is 11.5. The molecule has 20 heavy (non-hydrogen) atoms. The Bertz CT molecular complexity index is 772. The van der Waals surface area contributed by atoms with Crippen LogP contribution in [-0.2, 0) is 0 Å². The van der Waals surface area contributed by atoms with Crippen molar-refractivity contribution in [1.82, 2.24) is 4.40 Å². The molecule has 3 nitrogen and oxygen atoms in total. The highest BCUT2D eigenvalue weighted by Gasteiger charge is 2.17. The van der Waals surface area contributed by atoms with Gasteiger partial charge < -0.3 is 9.14 Å². The lowest BCUT2D eigenvalue weighted by Crippen LogP contribution is -2.02. The normalized spacial score (nSPS) is 10.7. The maximum absolute atomic E-state index is 12.7. The van der Waals surface area contributed by atoms with Crippen molar-refractivity contribution in [1.29, 1.82) is 0 Å². The molecule has 0 fully saturated rings. The number of nitrogens with zero attached hydrogens (tertiary/aromatic N) is 1. The third-order valence-electron chi connectivity index (χ3n) is 3.43. The van der Waals surface area contributed by atoms with Gasteiger partial charge in [-0.25, -0.2) is 0 Å². The van der Waals surface area contributed by atoms with E-state index in [2.05, 4.69) is 0 Å². The molecule has 0 radical (unpaired) electrons. The third-order valence-corrected chi connectivity index (χ3v) is 3.43. The summed E-state index contributed by atoms with van der Waals surface area (Å²) in [5.74, 6) is 0.821. The van der Waals surface area contributed by atoms with Gasteiger partial charge >= 0.3 is 0 Å². The SMILES string of the molecule is COc1ccc2c(C(=O)c3ccccc3)c(C)cn2c1. The second-order valence-electron chi connectivity index (χ2n) is 4.74. The van der Waals surface area contributed by atoms with Gasteiger partial charge in [0.05, 0.1) is 24.4 Å². The summed E-state index contributed by atoms with van der Waals surface area (Å²) in [6.45, 7) is 1.95. The zero-order chi connectivity index (χ0) is 14.1. The van der Waals surface area contributed by atoms with Crippen LogP contribution in [0.2, 0.25) is 0 Å². The first kappa shape index (κ1) is 12.5. The molecule has 0 aliphatic heterocycles. The lowest BCUT2D eigenvalue weighted by Gasteiger charge is -2.03. The number of rotatable bonds is 3. The Labute approximate surface area is 117 Å². The van der Waals surface area contributed by atoms with Crippen LogP contribution >= 0.6 is 0 Å². The van der Waals surface area contributed by atoms with E-state index in [0.29, 0.717) is 5.56 Å². The van der Waals surface area contributed by atoms with Crippen LogP contribution in [-0.4, -0.2) is 17.3 Å². The lowest BCUT2D eigenvalue weighted by atomic mass is 10.0. The first-order chi connectivity index (χ1) is 9.70. The summed E-state index contributed by atoms with van der Waals surface area (Å²) in [4.78, 5) is 12.7. The van der Waals surface area contributed by atoms with Crippen LogP contribution in [0.1, 0.15) is 21.5 Å². The molecule has 2 aromatic heterocycles. The van der Waals surface area contributed by atoms with E-state index >= 15 is 0 Å². The second kappa shape index (κ2) is 4.85. The number of hydrogen-bond donors (Lipinski definition) is 0. The van der Waals surface area contributed by atoms with E-state index < -0.39 is 0 Å². The molecule has 0 unspecified atom stereocenters. The Kier molecular flexibility index (Phi) is 3.03. The van der Waals surface area contributed by atoms with Crippen molar-refractivity contribution < 1.29 is 9.53 Å². The van der Waals surface area contributed by atoms with Gasteiger partial charge in [0.15, 0.2) is 5.78 Å². The number of ether oxygens (including phenoxy) is 1. The van der Waals surface area contributed by atoms with Gasteiger partial charge in [-0.3, -0.25) is 4.79 Å². The predicted molar refractivity (Wildman–Crippen MR) is 78.6 cm³/mol. The monoisotopic (exact) mass is 265 g/mol. The smallest absolute Gasteiger partial charge is 0.195 e. The van der Waals surface area contributed by atoms with Gasteiger partial charge in [-0.2, -0.15) is 0 Å². The molecule has 3 heteroatoms. The summed E-state index contributed by atoms with van der Waals surface area (Å²) in [6, 6.07) is 13.1. The van der Waals surface area contributed by atoms with Crippen molar-refractivity contribution in [2.24, 2.45) is 0 Å². The summed E-state index contributed by atoms with van der Waals surface area (Å²) in [5, 5.41) is 0. The number of aryl methyl sites for hydroxylation is 1. The Morgan fingerprint density at radius 1 is 1.05 bits per heavy atom. The minimum absolute atomic E-state index is 0.0516. The highest BCUT2D eigenvalue weighted by molar-refractivity contribution is 6.14. The van der Waals surface area contributed by atoms with Gasteiger partial charge in [0, 0.05) is 11.8 Å². The molecule has 1 aromatic carbocycles. The number of pyridine rings is 1. The Hall–Kier alpha value is -2.55. The number of aromatic nitrogens is 1. The van der Waals surface area contributed by atoms with E-state index in [4.69, 9.17) is 4.74 Å². The molecule has 0 aliphatic rings. The zero-order valence-electron chi connectivity index (χ0n) is 11.5. The van der Waals surface area contributed by atoms with Crippen LogP contribution in [0.5, 0.6) is 5.75 Å². The summed E-state index contributed by atoms with van der Waals surface area (Å²) < 4.78 is 7.15. The first-order valence-electron chi connectivity index (χ1n) is 6.46. The highest BCUT2D eigenvalue weighted by Crippen LogP contribution is 2.24. The molecule has 100 valence electrons. The molecule has 0 amide bonds. The summed E-state index contributed by atoms with van der Waals surface area (Å²) >= 11 is 0. The minimum Gasteiger partial charge on any atom is -0.495 e. The van der Waals surface area contributed by atoms with Crippen LogP contribution in [0.4, 0.5) is 0 Å². The number of carbonyl (C=O) groups excluding carboxylic acids is 1. The van der Waals surface area contributed by atoms with Crippen molar-refractivity contribution >= 4 is 11.3 Å². The number of ketones is 1. The predicted octanol–water partition coefficient (Wildman–Crippen LogP) is 3.49. The van der Waals surface area contributed by atoms with Crippen LogP contribution in [0.25, 0.3) is 5.52 Å². The third kappa shape index (κ3) is 1.97. The van der Waals surface area contributed by atoms with Gasteiger partial charge in [-0.05, 0) is 24.6 Å². The van der Waals surface area contributed by atoms with Crippen molar-refractivity contribution in [3.05, 3.63) is 71.5 Å². The molecule has 0 atom stereocenters. The largest absolute Gasteiger partial charge is 0.495 e. The molecule has 0 saturated carbocycles. The standard InChI is InChI=1S/C17H15NO2/c1-12-10-18-11-14(20-2)8-9-15(18)16(12)17(19)13-6-4-3-5-7-13/h3-11H,1-2H3. The number of hydrogen-bond acceptors (Lipinski definition) is 2. The number of carbonyl (C=O) groups is 1. The minimum atomic E-state index is 0.0516. The maximum Gasteiger partial charge on any atom is 0.195 e. The molecule has 0 saturated heterocycles. The van der Waals surface area contributed by atoms with Gasteiger partial charge in [0.1, 0.15) is 5.75 Å². The molecule has 2 heterocycles. The van der Waals surface area contributed by atoms with E-state index in [1.165, 1.54) is 0 Å². The summed E-state index contributed by atoms with van der Waals surface area (Å²) in [6.07, 6.45) is 3.83. The van der Waals surface area contributed by atoms with Gasteiger partial charge in [-0.1, -0.05) is 30.3 Å². The fourth-order valence-corrected chi connectivity index (χ4v) is 2.44. The Morgan fingerprint density at radius 2 is 1.80 bits per heavy atom. The van der Waals surface area contributed by atoms with E-state index in [1.54, 1.807) is 7.11 Å². The molecular weight excluding hydrogens is 250 g/mol. The molecule has 0 spiro atoms. The van der Waals surface area contributed by atoms with Crippen LogP contribution < -0.4 is 4.74 Å². The van der Waals surface area contributed by atoms with Crippen molar-refractivity contribution in [3.8, 4) is 5.75 Å². The quantitative estimate of drug-likeness (QED) is 0.679. The average molecular weight is 265 g/mol. The van der Waals surface area contributed by atoms with Gasteiger partial charge in [0.2, 0.25) is 0 Å². The van der Waals surface area contributed by atoms with E-state index in [1.807, 2.05) is 66.2 Å². The molecule has 0 N–H and O–H groups in total. The Morgan fingerprint density at radius 3 is 2.50 bits per heavy atom. The van der Waals surface area contributed by atoms with E-state index in [-0.39, 0.29) is 5.78 Å². The number of methoxy groups -OCH3 is 1. The van der Waals surface area contributed by atoms with Gasteiger partial charge in [0.25, 0.3) is 0 Å². The van der Waals surface area contributed by atoms with Crippen LogP contribution in [0, 0.1) is 6.92 Å². The highest BCUT2D eigenvalue weighted by atomic mass is 16.5. The first-order valence-corrected chi connectivity index (χ1v) is 6.46. The van der Waals surface area contributed by atoms with Crippen LogP contribution in [0.3, 0.4) is 0 Å². The molecule has 0 bridgehead atoms.